The van der Waals surface area contributed by atoms with Gasteiger partial charge in [0.25, 0.3) is 0 Å². The monoisotopic (exact) mass is 407 g/mol. The van der Waals surface area contributed by atoms with Gasteiger partial charge < -0.3 is 10.2 Å². The van der Waals surface area contributed by atoms with Crippen molar-refractivity contribution in [3.05, 3.63) is 10.6 Å². The molecule has 0 radical (unpaired) electrons. The third kappa shape index (κ3) is 5.75. The minimum Gasteiger partial charge on any atom is -0.342 e. The molecule has 2 heterocycles. The number of aromatic nitrogens is 1. The predicted molar refractivity (Wildman–Crippen MR) is 113 cm³/mol. The van der Waals surface area contributed by atoms with E-state index in [1.807, 2.05) is 18.7 Å². The summed E-state index contributed by atoms with van der Waals surface area (Å²) < 4.78 is 0. The summed E-state index contributed by atoms with van der Waals surface area (Å²) >= 11 is 1.63. The first-order valence-corrected chi connectivity index (χ1v) is 11.4. The Morgan fingerprint density at radius 3 is 2.36 bits per heavy atom. The Balaban J connectivity index is 1.44. The van der Waals surface area contributed by atoms with Crippen molar-refractivity contribution in [2.45, 2.75) is 46.0 Å². The van der Waals surface area contributed by atoms with Crippen LogP contribution in [0.15, 0.2) is 0 Å². The standard InChI is InChI=1S/C20H33N5O2S/c1-3-25(4-2)19(27)15-24-11-7-10-23(12-13-24)14-18(26)22-20-21-16-8-5-6-9-17(16)28-20/h3-15H2,1-2H3,(H,21,22,26). The lowest BCUT2D eigenvalue weighted by molar-refractivity contribution is -0.132. The number of likely N-dealkylation sites (N-methyl/N-ethyl adjacent to an activating group) is 1. The van der Waals surface area contributed by atoms with Gasteiger partial charge in [-0.25, -0.2) is 4.98 Å². The van der Waals surface area contributed by atoms with Crippen molar-refractivity contribution in [1.82, 2.24) is 19.7 Å². The molecule has 156 valence electrons. The van der Waals surface area contributed by atoms with Crippen molar-refractivity contribution in [1.29, 1.82) is 0 Å². The van der Waals surface area contributed by atoms with Crippen LogP contribution in [0.3, 0.4) is 0 Å². The smallest absolute Gasteiger partial charge is 0.240 e. The Kier molecular flexibility index (Phi) is 7.82. The van der Waals surface area contributed by atoms with Crippen molar-refractivity contribution in [3.63, 3.8) is 0 Å². The molecule has 2 amide bonds. The molecule has 8 heteroatoms. The molecular weight excluding hydrogens is 374 g/mol. The van der Waals surface area contributed by atoms with Crippen LogP contribution in [-0.4, -0.2) is 83.9 Å². The van der Waals surface area contributed by atoms with E-state index in [9.17, 15) is 9.59 Å². The van der Waals surface area contributed by atoms with Gasteiger partial charge in [0, 0.05) is 31.1 Å². The van der Waals surface area contributed by atoms with Gasteiger partial charge in [-0.05, 0) is 59.0 Å². The molecule has 0 aromatic carbocycles. The second kappa shape index (κ2) is 10.3. The van der Waals surface area contributed by atoms with Gasteiger partial charge >= 0.3 is 0 Å². The number of nitrogens with one attached hydrogen (secondary N) is 1. The molecule has 1 fully saturated rings. The second-order valence-corrected chi connectivity index (χ2v) is 8.70. The highest BCUT2D eigenvalue weighted by Crippen LogP contribution is 2.29. The number of thiazole rings is 1. The largest absolute Gasteiger partial charge is 0.342 e. The molecule has 0 atom stereocenters. The summed E-state index contributed by atoms with van der Waals surface area (Å²) in [6.07, 6.45) is 5.53. The fourth-order valence-corrected chi connectivity index (χ4v) is 5.04. The van der Waals surface area contributed by atoms with Crippen molar-refractivity contribution in [2.24, 2.45) is 0 Å². The molecule has 7 nitrogen and oxygen atoms in total. The number of amides is 2. The molecule has 0 spiro atoms. The molecule has 28 heavy (non-hydrogen) atoms. The molecule has 0 bridgehead atoms. The number of aryl methyl sites for hydroxylation is 2. The number of carbonyl (C=O) groups is 2. The van der Waals surface area contributed by atoms with Crippen LogP contribution in [-0.2, 0) is 22.4 Å². The average molecular weight is 408 g/mol. The van der Waals surface area contributed by atoms with Gasteiger partial charge in [-0.1, -0.05) is 0 Å². The van der Waals surface area contributed by atoms with E-state index in [4.69, 9.17) is 0 Å². The van der Waals surface area contributed by atoms with Crippen molar-refractivity contribution < 1.29 is 9.59 Å². The molecule has 3 rings (SSSR count). The zero-order chi connectivity index (χ0) is 19.9. The molecule has 1 N–H and O–H groups in total. The van der Waals surface area contributed by atoms with E-state index in [1.165, 1.54) is 23.4 Å². The maximum absolute atomic E-state index is 12.5. The molecule has 1 aromatic heterocycles. The van der Waals surface area contributed by atoms with Crippen LogP contribution in [0, 0.1) is 0 Å². The van der Waals surface area contributed by atoms with E-state index in [0.717, 1.165) is 63.7 Å². The Bertz CT molecular complexity index is 650. The number of carbonyl (C=O) groups excluding carboxylic acids is 2. The number of anilines is 1. The zero-order valence-corrected chi connectivity index (χ0v) is 18.0. The summed E-state index contributed by atoms with van der Waals surface area (Å²) in [6, 6.07) is 0. The third-order valence-corrected chi connectivity index (χ3v) is 6.69. The molecular formula is C20H33N5O2S. The van der Waals surface area contributed by atoms with Crippen LogP contribution in [0.1, 0.15) is 43.7 Å². The van der Waals surface area contributed by atoms with Gasteiger partial charge in [-0.15, -0.1) is 11.3 Å². The van der Waals surface area contributed by atoms with Crippen molar-refractivity contribution >= 4 is 28.3 Å². The van der Waals surface area contributed by atoms with Crippen LogP contribution in [0.2, 0.25) is 0 Å². The SMILES string of the molecule is CCN(CC)C(=O)CN1CCCN(CC(=O)Nc2nc3c(s2)CCCC3)CC1. The molecule has 1 saturated heterocycles. The molecule has 1 aromatic rings. The first-order chi connectivity index (χ1) is 13.6. The highest BCUT2D eigenvalue weighted by molar-refractivity contribution is 7.15. The minimum atomic E-state index is 0.0127. The highest BCUT2D eigenvalue weighted by Gasteiger charge is 2.21. The van der Waals surface area contributed by atoms with E-state index < -0.39 is 0 Å². The fraction of sp³-hybridized carbons (Fsp3) is 0.750. The van der Waals surface area contributed by atoms with Crippen LogP contribution in [0.25, 0.3) is 0 Å². The maximum atomic E-state index is 12.5. The van der Waals surface area contributed by atoms with Gasteiger partial charge in [-0.2, -0.15) is 0 Å². The number of rotatable bonds is 7. The summed E-state index contributed by atoms with van der Waals surface area (Å²) in [7, 11) is 0. The molecule has 1 aliphatic carbocycles. The summed E-state index contributed by atoms with van der Waals surface area (Å²) in [5, 5.41) is 3.74. The number of fused-ring (bicyclic) bond motifs is 1. The predicted octanol–water partition coefficient (Wildman–Crippen LogP) is 1.84. The first kappa shape index (κ1) is 21.2. The summed E-state index contributed by atoms with van der Waals surface area (Å²) in [5.41, 5.74) is 1.18. The van der Waals surface area contributed by atoms with E-state index in [-0.39, 0.29) is 11.8 Å². The van der Waals surface area contributed by atoms with E-state index in [0.29, 0.717) is 13.1 Å². The second-order valence-electron chi connectivity index (χ2n) is 7.62. The topological polar surface area (TPSA) is 68.8 Å². The number of hydrogen-bond acceptors (Lipinski definition) is 6. The lowest BCUT2D eigenvalue weighted by Gasteiger charge is -2.25. The molecule has 1 aliphatic heterocycles. The normalized spacial score (nSPS) is 18.4. The van der Waals surface area contributed by atoms with Crippen LogP contribution in [0.5, 0.6) is 0 Å². The van der Waals surface area contributed by atoms with Crippen LogP contribution < -0.4 is 5.32 Å². The van der Waals surface area contributed by atoms with E-state index >= 15 is 0 Å². The van der Waals surface area contributed by atoms with Gasteiger partial charge in [0.2, 0.25) is 11.8 Å². The quantitative estimate of drug-likeness (QED) is 0.747. The Morgan fingerprint density at radius 2 is 1.68 bits per heavy atom. The van der Waals surface area contributed by atoms with Gasteiger partial charge in [0.1, 0.15) is 0 Å². The van der Waals surface area contributed by atoms with Crippen molar-refractivity contribution in [2.75, 3.05) is 57.7 Å². The van der Waals surface area contributed by atoms with Crippen molar-refractivity contribution in [3.8, 4) is 0 Å². The van der Waals surface area contributed by atoms with Crippen LogP contribution in [0.4, 0.5) is 5.13 Å². The van der Waals surface area contributed by atoms with E-state index in [2.05, 4.69) is 20.1 Å². The Hall–Kier alpha value is -1.51. The summed E-state index contributed by atoms with van der Waals surface area (Å²) in [6.45, 7) is 9.85. The Labute approximate surface area is 172 Å². The van der Waals surface area contributed by atoms with Crippen LogP contribution >= 0.6 is 11.3 Å². The maximum Gasteiger partial charge on any atom is 0.240 e. The minimum absolute atomic E-state index is 0.0127. The zero-order valence-electron chi connectivity index (χ0n) is 17.2. The lowest BCUT2D eigenvalue weighted by Crippen LogP contribution is -2.42. The summed E-state index contributed by atoms with van der Waals surface area (Å²) in [5.74, 6) is 0.211. The first-order valence-electron chi connectivity index (χ1n) is 10.6. The van der Waals surface area contributed by atoms with Gasteiger partial charge in [0.05, 0.1) is 18.8 Å². The third-order valence-electron chi connectivity index (χ3n) is 5.62. The summed E-state index contributed by atoms with van der Waals surface area (Å²) in [4.78, 5) is 37.0. The van der Waals surface area contributed by atoms with E-state index in [1.54, 1.807) is 11.3 Å². The number of nitrogens with zero attached hydrogens (tertiary/aromatic N) is 4. The Morgan fingerprint density at radius 1 is 1.00 bits per heavy atom. The molecule has 0 saturated carbocycles. The lowest BCUT2D eigenvalue weighted by atomic mass is 10.0. The number of hydrogen-bond donors (Lipinski definition) is 1. The molecule has 2 aliphatic rings. The van der Waals surface area contributed by atoms with Gasteiger partial charge in [-0.3, -0.25) is 19.4 Å². The highest BCUT2D eigenvalue weighted by atomic mass is 32.1. The average Bonchev–Trinajstić information content (AvgIpc) is 2.95. The fourth-order valence-electron chi connectivity index (χ4n) is 3.98. The van der Waals surface area contributed by atoms with Gasteiger partial charge in [0.15, 0.2) is 5.13 Å². The molecule has 0 unspecified atom stereocenters.